The van der Waals surface area contributed by atoms with E-state index >= 15 is 0 Å². The number of aromatic amines is 1. The predicted octanol–water partition coefficient (Wildman–Crippen LogP) is 4.89. The molecule has 0 radical (unpaired) electrons. The van der Waals surface area contributed by atoms with E-state index in [9.17, 15) is 4.79 Å². The minimum Gasteiger partial charge on any atom is -0.469 e. The maximum absolute atomic E-state index is 11.1. The van der Waals surface area contributed by atoms with Crippen molar-refractivity contribution in [2.75, 3.05) is 58.4 Å². The normalized spacial score (nSPS) is 15.2. The Morgan fingerprint density at radius 3 is 2.51 bits per heavy atom. The highest BCUT2D eigenvalue weighted by Gasteiger charge is 2.17. The number of piperazine rings is 1. The average molecular weight is 557 g/mol. The van der Waals surface area contributed by atoms with Gasteiger partial charge in [-0.05, 0) is 36.1 Å². The summed E-state index contributed by atoms with van der Waals surface area (Å²) < 4.78 is 10.3. The largest absolute Gasteiger partial charge is 0.469 e. The smallest absolute Gasteiger partial charge is 0.305 e. The second-order valence-corrected chi connectivity index (χ2v) is 10.6. The fourth-order valence-corrected chi connectivity index (χ4v) is 5.18. The van der Waals surface area contributed by atoms with E-state index in [1.807, 2.05) is 6.07 Å². The quantitative estimate of drug-likeness (QED) is 0.178. The monoisotopic (exact) mass is 556 g/mol. The summed E-state index contributed by atoms with van der Waals surface area (Å²) in [4.78, 5) is 28.6. The van der Waals surface area contributed by atoms with Gasteiger partial charge < -0.3 is 19.8 Å². The minimum atomic E-state index is -0.178. The lowest BCUT2D eigenvalue weighted by Gasteiger charge is -2.34. The molecule has 9 nitrogen and oxygen atoms in total. The first kappa shape index (κ1) is 28.7. The van der Waals surface area contributed by atoms with Crippen LogP contribution in [0.3, 0.4) is 0 Å². The number of nitrogens with zero attached hydrogens (tertiary/aromatic N) is 4. The molecule has 1 aliphatic rings. The van der Waals surface area contributed by atoms with Gasteiger partial charge in [-0.15, -0.1) is 0 Å². The number of esters is 1. The number of carbonyl (C=O) groups excluding carboxylic acids is 1. The topological polar surface area (TPSA) is 95.6 Å². The van der Waals surface area contributed by atoms with Crippen LogP contribution in [0.5, 0.6) is 0 Å². The van der Waals surface area contributed by atoms with E-state index in [1.165, 1.54) is 18.2 Å². The van der Waals surface area contributed by atoms with Crippen molar-refractivity contribution in [2.24, 2.45) is 0 Å². The molecule has 1 aliphatic heterocycles. The maximum Gasteiger partial charge on any atom is 0.305 e. The van der Waals surface area contributed by atoms with Gasteiger partial charge in [-0.1, -0.05) is 54.6 Å². The van der Waals surface area contributed by atoms with Gasteiger partial charge in [0.25, 0.3) is 0 Å². The minimum absolute atomic E-state index is 0.131. The van der Waals surface area contributed by atoms with Crippen molar-refractivity contribution in [2.45, 2.75) is 32.4 Å². The fourth-order valence-electron chi connectivity index (χ4n) is 5.18. The third-order valence-electron chi connectivity index (χ3n) is 7.66. The van der Waals surface area contributed by atoms with E-state index < -0.39 is 0 Å². The van der Waals surface area contributed by atoms with Crippen LogP contribution >= 0.6 is 0 Å². The summed E-state index contributed by atoms with van der Waals surface area (Å²) in [5, 5.41) is 4.53. The van der Waals surface area contributed by atoms with Crippen molar-refractivity contribution in [1.29, 1.82) is 0 Å². The van der Waals surface area contributed by atoms with E-state index in [-0.39, 0.29) is 12.0 Å². The summed E-state index contributed by atoms with van der Waals surface area (Å²) in [5.74, 6) is 0.651. The van der Waals surface area contributed by atoms with Crippen LogP contribution in [-0.4, -0.2) is 83.8 Å². The highest BCUT2D eigenvalue weighted by Crippen LogP contribution is 2.29. The Morgan fingerprint density at radius 2 is 1.76 bits per heavy atom. The van der Waals surface area contributed by atoms with Crippen molar-refractivity contribution in [3.8, 4) is 11.3 Å². The highest BCUT2D eigenvalue weighted by atomic mass is 16.5. The lowest BCUT2D eigenvalue weighted by Crippen LogP contribution is -2.46. The molecule has 0 unspecified atom stereocenters. The second kappa shape index (κ2) is 14.2. The lowest BCUT2D eigenvalue weighted by atomic mass is 10.1. The zero-order valence-electron chi connectivity index (χ0n) is 24.0. The Hall–Kier alpha value is -3.79. The van der Waals surface area contributed by atoms with Gasteiger partial charge in [0, 0.05) is 64.0 Å². The van der Waals surface area contributed by atoms with Crippen LogP contribution in [0.1, 0.15) is 36.9 Å². The summed E-state index contributed by atoms with van der Waals surface area (Å²) in [5.41, 5.74) is 5.51. The number of anilines is 1. The number of methoxy groups -OCH3 is 1. The van der Waals surface area contributed by atoms with Gasteiger partial charge in [0.15, 0.2) is 0 Å². The zero-order valence-corrected chi connectivity index (χ0v) is 24.0. The lowest BCUT2D eigenvalue weighted by molar-refractivity contribution is -0.141. The molecule has 2 aromatic carbocycles. The van der Waals surface area contributed by atoms with E-state index in [1.54, 1.807) is 6.33 Å². The number of nitrogens with one attached hydrogen (secondary N) is 2. The van der Waals surface area contributed by atoms with Gasteiger partial charge in [0.05, 0.1) is 19.1 Å². The summed E-state index contributed by atoms with van der Waals surface area (Å²) in [6, 6.07) is 21.4. The van der Waals surface area contributed by atoms with Crippen molar-refractivity contribution in [3.05, 3.63) is 78.1 Å². The molecule has 0 spiro atoms. The van der Waals surface area contributed by atoms with E-state index in [2.05, 4.69) is 96.3 Å². The van der Waals surface area contributed by atoms with Crippen LogP contribution in [0.4, 0.5) is 5.82 Å². The van der Waals surface area contributed by atoms with Crippen LogP contribution in [0.15, 0.2) is 67.0 Å². The zero-order chi connectivity index (χ0) is 28.4. The van der Waals surface area contributed by atoms with Crippen LogP contribution < -0.4 is 5.32 Å². The molecule has 41 heavy (non-hydrogen) atoms. The molecule has 4 aromatic rings. The average Bonchev–Trinajstić information content (AvgIpc) is 3.46. The van der Waals surface area contributed by atoms with E-state index in [0.29, 0.717) is 26.1 Å². The standard InChI is InChI=1S/C32H40N6O3/c1-24(26-7-4-3-5-8-26)35-31-28-21-29(36-32(28)34-23-33-31)27-12-10-25(11-13-27)22-38-16-14-37(15-17-38)18-20-41-19-6-9-30(39)40-2/h3-5,7-8,10-13,21,23-24H,6,9,14-20,22H2,1-2H3,(H2,33,34,35,36)/t24-/m1/s1. The number of aromatic nitrogens is 3. The number of H-pyrrole nitrogens is 1. The first-order valence-corrected chi connectivity index (χ1v) is 14.4. The first-order chi connectivity index (χ1) is 20.1. The van der Waals surface area contributed by atoms with Crippen LogP contribution in [-0.2, 0) is 20.8 Å². The summed E-state index contributed by atoms with van der Waals surface area (Å²) in [7, 11) is 1.42. The molecule has 9 heteroatoms. The molecule has 0 bridgehead atoms. The molecule has 1 fully saturated rings. The fraction of sp³-hybridized carbons (Fsp3) is 0.406. The second-order valence-electron chi connectivity index (χ2n) is 10.6. The Bertz CT molecular complexity index is 1380. The first-order valence-electron chi connectivity index (χ1n) is 14.4. The Balaban J connectivity index is 1.10. The summed E-state index contributed by atoms with van der Waals surface area (Å²) in [6.07, 6.45) is 2.73. The van der Waals surface area contributed by atoms with Crippen molar-refractivity contribution in [1.82, 2.24) is 24.8 Å². The molecule has 0 amide bonds. The molecule has 5 rings (SSSR count). The number of benzene rings is 2. The molecule has 1 saturated heterocycles. The van der Waals surface area contributed by atoms with Crippen LogP contribution in [0.25, 0.3) is 22.3 Å². The van der Waals surface area contributed by atoms with Crippen LogP contribution in [0, 0.1) is 0 Å². The maximum atomic E-state index is 11.1. The number of carbonyl (C=O) groups is 1. The van der Waals surface area contributed by atoms with Crippen molar-refractivity contribution >= 4 is 22.8 Å². The predicted molar refractivity (Wildman–Crippen MR) is 162 cm³/mol. The summed E-state index contributed by atoms with van der Waals surface area (Å²) in [6.45, 7) is 9.48. The number of hydrogen-bond acceptors (Lipinski definition) is 8. The van der Waals surface area contributed by atoms with Gasteiger partial charge in [-0.3, -0.25) is 14.6 Å². The van der Waals surface area contributed by atoms with E-state index in [4.69, 9.17) is 4.74 Å². The van der Waals surface area contributed by atoms with Gasteiger partial charge in [0.2, 0.25) is 0 Å². The third kappa shape index (κ3) is 7.91. The van der Waals surface area contributed by atoms with Gasteiger partial charge in [-0.25, -0.2) is 9.97 Å². The molecule has 1 atom stereocenters. The molecule has 0 aliphatic carbocycles. The number of ether oxygens (including phenoxy) is 2. The Morgan fingerprint density at radius 1 is 1.00 bits per heavy atom. The highest BCUT2D eigenvalue weighted by molar-refractivity contribution is 5.91. The molecule has 3 heterocycles. The Labute approximate surface area is 241 Å². The van der Waals surface area contributed by atoms with Crippen molar-refractivity contribution in [3.63, 3.8) is 0 Å². The van der Waals surface area contributed by atoms with Crippen molar-refractivity contribution < 1.29 is 14.3 Å². The molecule has 0 saturated carbocycles. The number of hydrogen-bond donors (Lipinski definition) is 2. The molecular formula is C32H40N6O3. The molecule has 2 N–H and O–H groups in total. The Kier molecular flexibility index (Phi) is 9.96. The van der Waals surface area contributed by atoms with Gasteiger partial charge in [-0.2, -0.15) is 0 Å². The summed E-state index contributed by atoms with van der Waals surface area (Å²) >= 11 is 0. The SMILES string of the molecule is COC(=O)CCCOCCN1CCN(Cc2ccc(-c3cc4c(N[C@H](C)c5ccccc5)ncnc4[nH]3)cc2)CC1. The number of rotatable bonds is 13. The van der Waals surface area contributed by atoms with E-state index in [0.717, 1.165) is 67.4 Å². The number of fused-ring (bicyclic) bond motifs is 1. The van der Waals surface area contributed by atoms with Gasteiger partial charge >= 0.3 is 5.97 Å². The molecule has 216 valence electrons. The van der Waals surface area contributed by atoms with Gasteiger partial charge in [0.1, 0.15) is 17.8 Å². The van der Waals surface area contributed by atoms with Crippen LogP contribution in [0.2, 0.25) is 0 Å². The molecule has 2 aromatic heterocycles. The molecular weight excluding hydrogens is 516 g/mol. The third-order valence-corrected chi connectivity index (χ3v) is 7.66.